The highest BCUT2D eigenvalue weighted by Crippen LogP contribution is 2.43. The number of nitrogens with zero attached hydrogens (tertiary/aromatic N) is 1. The van der Waals surface area contributed by atoms with E-state index in [1.165, 1.54) is 16.0 Å². The van der Waals surface area contributed by atoms with Gasteiger partial charge in [0.05, 0.1) is 6.04 Å². The number of rotatable bonds is 4. The first-order valence-electron chi connectivity index (χ1n) is 9.38. The molecule has 0 aliphatic carbocycles. The number of amides is 1. The topological polar surface area (TPSA) is 20.3 Å². The Bertz CT molecular complexity index is 893. The first-order chi connectivity index (χ1) is 13.2. The zero-order valence-corrected chi connectivity index (χ0v) is 16.2. The summed E-state index contributed by atoms with van der Waals surface area (Å²) < 4.78 is 0. The quantitative estimate of drug-likeness (QED) is 0.557. The number of piperidine rings is 1. The lowest BCUT2D eigenvalue weighted by molar-refractivity contribution is -0.120. The number of benzene rings is 3. The average Bonchev–Trinajstić information content (AvgIpc) is 2.72. The smallest absolute Gasteiger partial charge is 0.227 e. The predicted molar refractivity (Wildman–Crippen MR) is 113 cm³/mol. The minimum atomic E-state index is 0.0288. The van der Waals surface area contributed by atoms with Crippen LogP contribution in [0.3, 0.4) is 0 Å². The Hall–Kier alpha value is -2.52. The Kier molecular flexibility index (Phi) is 5.30. The van der Waals surface area contributed by atoms with Crippen molar-refractivity contribution in [3.8, 4) is 0 Å². The van der Waals surface area contributed by atoms with Crippen molar-refractivity contribution in [3.63, 3.8) is 0 Å². The summed E-state index contributed by atoms with van der Waals surface area (Å²) in [6.07, 6.45) is 1.47. The Morgan fingerprint density at radius 2 is 1.48 bits per heavy atom. The van der Waals surface area contributed by atoms with E-state index in [-0.39, 0.29) is 11.9 Å². The van der Waals surface area contributed by atoms with Crippen LogP contribution in [0.5, 0.6) is 0 Å². The molecule has 0 bridgehead atoms. The molecule has 3 aromatic rings. The summed E-state index contributed by atoms with van der Waals surface area (Å²) in [5.41, 5.74) is 3.44. The van der Waals surface area contributed by atoms with Crippen molar-refractivity contribution in [2.75, 3.05) is 4.90 Å². The van der Waals surface area contributed by atoms with Crippen molar-refractivity contribution < 1.29 is 4.79 Å². The number of carbonyl (C=O) groups excluding carboxylic acids is 1. The van der Waals surface area contributed by atoms with E-state index in [0.29, 0.717) is 11.7 Å². The van der Waals surface area contributed by atoms with Crippen molar-refractivity contribution in [3.05, 3.63) is 96.1 Å². The van der Waals surface area contributed by atoms with E-state index in [9.17, 15) is 4.79 Å². The Labute approximate surface area is 165 Å². The third kappa shape index (κ3) is 3.93. The van der Waals surface area contributed by atoms with Gasteiger partial charge in [-0.25, -0.2) is 0 Å². The molecule has 1 heterocycles. The first kappa shape index (κ1) is 17.9. The molecule has 0 radical (unpaired) electrons. The molecule has 27 heavy (non-hydrogen) atoms. The molecule has 1 fully saturated rings. The van der Waals surface area contributed by atoms with E-state index in [4.69, 9.17) is 0 Å². The second-order valence-electron chi connectivity index (χ2n) is 6.96. The van der Waals surface area contributed by atoms with Gasteiger partial charge >= 0.3 is 0 Å². The van der Waals surface area contributed by atoms with Crippen LogP contribution in [0.2, 0.25) is 0 Å². The van der Waals surface area contributed by atoms with Gasteiger partial charge in [0.2, 0.25) is 5.91 Å². The Morgan fingerprint density at radius 3 is 2.15 bits per heavy atom. The summed E-state index contributed by atoms with van der Waals surface area (Å²) in [5.74, 6) is 0.204. The van der Waals surface area contributed by atoms with Gasteiger partial charge in [0.15, 0.2) is 0 Å². The minimum absolute atomic E-state index is 0.0288. The van der Waals surface area contributed by atoms with E-state index in [0.717, 1.165) is 12.1 Å². The Balaban J connectivity index is 1.73. The molecule has 1 amide bonds. The molecule has 1 aliphatic rings. The lowest BCUT2D eigenvalue weighted by Crippen LogP contribution is -2.44. The fourth-order valence-corrected chi connectivity index (χ4v) is 4.97. The molecule has 1 aliphatic heterocycles. The van der Waals surface area contributed by atoms with Crippen LogP contribution >= 0.6 is 11.8 Å². The van der Waals surface area contributed by atoms with Crippen LogP contribution in [-0.2, 0) is 4.79 Å². The molecule has 3 aromatic carbocycles. The van der Waals surface area contributed by atoms with Crippen molar-refractivity contribution in [1.29, 1.82) is 0 Å². The van der Waals surface area contributed by atoms with Gasteiger partial charge in [-0.05, 0) is 43.2 Å². The number of hydrogen-bond donors (Lipinski definition) is 0. The number of carbonyl (C=O) groups is 1. The van der Waals surface area contributed by atoms with Crippen LogP contribution in [0.4, 0.5) is 5.69 Å². The molecule has 3 heteroatoms. The summed E-state index contributed by atoms with van der Waals surface area (Å²) in [6.45, 7) is 2.11. The highest BCUT2D eigenvalue weighted by atomic mass is 32.2. The molecule has 2 nitrogen and oxygen atoms in total. The summed E-state index contributed by atoms with van der Waals surface area (Å²) in [4.78, 5) is 16.2. The molecular formula is C24H23NOS. The van der Waals surface area contributed by atoms with E-state index < -0.39 is 0 Å². The molecule has 0 saturated carbocycles. The largest absolute Gasteiger partial charge is 0.304 e. The number of para-hydroxylation sites is 1. The normalized spacial score (nSPS) is 19.9. The number of anilines is 1. The maximum Gasteiger partial charge on any atom is 0.227 e. The van der Waals surface area contributed by atoms with Crippen LogP contribution in [0.25, 0.3) is 0 Å². The van der Waals surface area contributed by atoms with Crippen molar-refractivity contribution in [2.24, 2.45) is 0 Å². The molecule has 0 aromatic heterocycles. The molecule has 0 N–H and O–H groups in total. The highest BCUT2D eigenvalue weighted by Gasteiger charge is 2.38. The maximum absolute atomic E-state index is 12.9. The van der Waals surface area contributed by atoms with Gasteiger partial charge in [-0.15, -0.1) is 11.8 Å². The third-order valence-corrected chi connectivity index (χ3v) is 6.37. The second kappa shape index (κ2) is 8.01. The van der Waals surface area contributed by atoms with E-state index in [1.54, 1.807) is 0 Å². The summed E-state index contributed by atoms with van der Waals surface area (Å²) >= 11 is 1.88. The van der Waals surface area contributed by atoms with Gasteiger partial charge in [0, 0.05) is 22.3 Å². The van der Waals surface area contributed by atoms with Crippen molar-refractivity contribution in [2.45, 2.75) is 36.0 Å². The summed E-state index contributed by atoms with van der Waals surface area (Å²) in [6, 6.07) is 29.2. The highest BCUT2D eigenvalue weighted by molar-refractivity contribution is 8.00. The molecule has 0 unspecified atom stereocenters. The SMILES string of the molecule is Cc1ccc(S[C@H]2CCC(=O)N(c3ccccc3)[C@@H]2c2ccccc2)cc1. The lowest BCUT2D eigenvalue weighted by atomic mass is 9.93. The van der Waals surface area contributed by atoms with Crippen LogP contribution in [0, 0.1) is 6.92 Å². The third-order valence-electron chi connectivity index (χ3n) is 5.03. The maximum atomic E-state index is 12.9. The van der Waals surface area contributed by atoms with Crippen LogP contribution < -0.4 is 4.90 Å². The van der Waals surface area contributed by atoms with E-state index >= 15 is 0 Å². The van der Waals surface area contributed by atoms with E-state index in [2.05, 4.69) is 55.5 Å². The fourth-order valence-electron chi connectivity index (χ4n) is 3.69. The minimum Gasteiger partial charge on any atom is -0.304 e. The van der Waals surface area contributed by atoms with Gasteiger partial charge in [0.25, 0.3) is 0 Å². The summed E-state index contributed by atoms with van der Waals surface area (Å²) in [7, 11) is 0. The lowest BCUT2D eigenvalue weighted by Gasteiger charge is -2.41. The number of hydrogen-bond acceptors (Lipinski definition) is 2. The second-order valence-corrected chi connectivity index (χ2v) is 8.28. The number of aryl methyl sites for hydroxylation is 1. The van der Waals surface area contributed by atoms with Crippen LogP contribution in [0.15, 0.2) is 89.8 Å². The summed E-state index contributed by atoms with van der Waals surface area (Å²) in [5, 5.41) is 0.313. The number of thioether (sulfide) groups is 1. The van der Waals surface area contributed by atoms with Gasteiger partial charge < -0.3 is 4.90 Å². The molecule has 136 valence electrons. The first-order valence-corrected chi connectivity index (χ1v) is 10.3. The van der Waals surface area contributed by atoms with Gasteiger partial charge in [0.1, 0.15) is 0 Å². The van der Waals surface area contributed by atoms with Gasteiger partial charge in [-0.2, -0.15) is 0 Å². The molecule has 2 atom stereocenters. The van der Waals surface area contributed by atoms with E-state index in [1.807, 2.05) is 53.1 Å². The molecule has 4 rings (SSSR count). The monoisotopic (exact) mass is 373 g/mol. The molecule has 0 spiro atoms. The molecular weight excluding hydrogens is 350 g/mol. The van der Waals surface area contributed by atoms with Gasteiger partial charge in [-0.1, -0.05) is 66.2 Å². The fraction of sp³-hybridized carbons (Fsp3) is 0.208. The molecule has 1 saturated heterocycles. The van der Waals surface area contributed by atoms with Crippen LogP contribution in [0.1, 0.15) is 30.0 Å². The van der Waals surface area contributed by atoms with Crippen LogP contribution in [-0.4, -0.2) is 11.2 Å². The van der Waals surface area contributed by atoms with Gasteiger partial charge in [-0.3, -0.25) is 4.79 Å². The standard InChI is InChI=1S/C24H23NOS/c1-18-12-14-21(15-13-18)27-22-16-17-23(26)25(20-10-6-3-7-11-20)24(22)19-8-4-2-5-9-19/h2-15,22,24H,16-17H2,1H3/t22-,24+/m0/s1. The van der Waals surface area contributed by atoms with Crippen molar-refractivity contribution in [1.82, 2.24) is 0 Å². The Morgan fingerprint density at radius 1 is 0.852 bits per heavy atom. The van der Waals surface area contributed by atoms with Crippen molar-refractivity contribution >= 4 is 23.4 Å². The zero-order valence-electron chi connectivity index (χ0n) is 15.4. The predicted octanol–water partition coefficient (Wildman–Crippen LogP) is 6.02. The average molecular weight is 374 g/mol. The zero-order chi connectivity index (χ0) is 18.6.